The van der Waals surface area contributed by atoms with Gasteiger partial charge < -0.3 is 10.4 Å². The Morgan fingerprint density at radius 3 is 2.70 bits per heavy atom. The van der Waals surface area contributed by atoms with Crippen molar-refractivity contribution >= 4 is 15.9 Å². The summed E-state index contributed by atoms with van der Waals surface area (Å²) < 4.78 is 23.9. The van der Waals surface area contributed by atoms with Crippen LogP contribution in [-0.2, 0) is 10.0 Å². The Hall–Kier alpha value is -1.95. The molecular weight excluding hydrogens is 282 g/mol. The van der Waals surface area contributed by atoms with Crippen molar-refractivity contribution < 1.29 is 18.3 Å². The van der Waals surface area contributed by atoms with E-state index < -0.39 is 15.9 Å². The number of aliphatic hydroxyl groups is 1. The lowest BCUT2D eigenvalue weighted by atomic mass is 10.2. The molecular formula is C12H15N3O4S. The highest BCUT2D eigenvalue weighted by molar-refractivity contribution is 7.88. The quantitative estimate of drug-likeness (QED) is 0.462. The van der Waals surface area contributed by atoms with E-state index in [9.17, 15) is 13.2 Å². The largest absolute Gasteiger partial charge is 0.384 e. The van der Waals surface area contributed by atoms with Crippen LogP contribution >= 0.6 is 0 Å². The molecule has 0 aliphatic heterocycles. The van der Waals surface area contributed by atoms with E-state index in [2.05, 4.69) is 26.9 Å². The summed E-state index contributed by atoms with van der Waals surface area (Å²) >= 11 is 0. The Bertz CT molecular complexity index is 614. The number of aliphatic hydroxyl groups excluding tert-OH is 1. The fourth-order valence-electron chi connectivity index (χ4n) is 1.25. The molecule has 20 heavy (non-hydrogen) atoms. The number of carbonyl (C=O) groups excluding carboxylic acids is 1. The lowest BCUT2D eigenvalue weighted by molar-refractivity contribution is 0.0949. The van der Waals surface area contributed by atoms with Gasteiger partial charge in [0.15, 0.2) is 0 Å². The second-order valence-corrected chi connectivity index (χ2v) is 5.65. The molecule has 0 saturated carbocycles. The van der Waals surface area contributed by atoms with E-state index >= 15 is 0 Å². The van der Waals surface area contributed by atoms with E-state index in [1.165, 1.54) is 12.3 Å². The van der Waals surface area contributed by atoms with Gasteiger partial charge in [-0.3, -0.25) is 4.79 Å². The summed E-state index contributed by atoms with van der Waals surface area (Å²) in [4.78, 5) is 15.6. The molecule has 0 fully saturated rings. The van der Waals surface area contributed by atoms with Gasteiger partial charge in [0.05, 0.1) is 6.26 Å². The molecule has 0 atom stereocenters. The maximum absolute atomic E-state index is 11.7. The van der Waals surface area contributed by atoms with Crippen molar-refractivity contribution in [1.82, 2.24) is 15.0 Å². The average Bonchev–Trinajstić information content (AvgIpc) is 2.40. The first-order valence-electron chi connectivity index (χ1n) is 5.71. The van der Waals surface area contributed by atoms with Gasteiger partial charge in [-0.05, 0) is 12.1 Å². The molecule has 1 amide bonds. The van der Waals surface area contributed by atoms with Crippen molar-refractivity contribution in [2.45, 2.75) is 0 Å². The third-order valence-electron chi connectivity index (χ3n) is 2.08. The first-order chi connectivity index (χ1) is 9.42. The van der Waals surface area contributed by atoms with Crippen LogP contribution in [0.1, 0.15) is 16.1 Å². The monoisotopic (exact) mass is 297 g/mol. The van der Waals surface area contributed by atoms with Crippen LogP contribution in [0.5, 0.6) is 0 Å². The van der Waals surface area contributed by atoms with Gasteiger partial charge in [0.25, 0.3) is 5.91 Å². The van der Waals surface area contributed by atoms with Crippen molar-refractivity contribution in [3.05, 3.63) is 29.6 Å². The van der Waals surface area contributed by atoms with Gasteiger partial charge in [-0.1, -0.05) is 11.8 Å². The smallest absolute Gasteiger partial charge is 0.269 e. The van der Waals surface area contributed by atoms with Gasteiger partial charge in [0, 0.05) is 24.8 Å². The molecule has 0 saturated heterocycles. The summed E-state index contributed by atoms with van der Waals surface area (Å²) in [6.45, 7) is 0.0415. The van der Waals surface area contributed by atoms with Gasteiger partial charge in [-0.2, -0.15) is 0 Å². The van der Waals surface area contributed by atoms with Gasteiger partial charge in [0.2, 0.25) is 10.0 Å². The second kappa shape index (κ2) is 7.59. The summed E-state index contributed by atoms with van der Waals surface area (Å²) in [5.41, 5.74) is 0.799. The van der Waals surface area contributed by atoms with Crippen molar-refractivity contribution in [2.75, 3.05) is 26.0 Å². The van der Waals surface area contributed by atoms with Gasteiger partial charge >= 0.3 is 0 Å². The van der Waals surface area contributed by atoms with Gasteiger partial charge in [-0.15, -0.1) is 0 Å². The molecule has 0 spiro atoms. The second-order valence-electron chi connectivity index (χ2n) is 3.81. The molecule has 0 radical (unpaired) electrons. The average molecular weight is 297 g/mol. The summed E-state index contributed by atoms with van der Waals surface area (Å²) in [5, 5.41) is 11.1. The third kappa shape index (κ3) is 6.29. The summed E-state index contributed by atoms with van der Waals surface area (Å²) in [6.07, 6.45) is 2.47. The van der Waals surface area contributed by atoms with Crippen molar-refractivity contribution in [1.29, 1.82) is 0 Å². The van der Waals surface area contributed by atoms with E-state index in [0.717, 1.165) is 6.26 Å². The minimum absolute atomic E-state index is 0.116. The number of rotatable bonds is 5. The highest BCUT2D eigenvalue weighted by Crippen LogP contribution is 1.98. The minimum Gasteiger partial charge on any atom is -0.384 e. The van der Waals surface area contributed by atoms with Gasteiger partial charge in [-0.25, -0.2) is 18.1 Å². The Morgan fingerprint density at radius 2 is 2.15 bits per heavy atom. The molecule has 3 N–H and O–H groups in total. The number of hydrogen-bond acceptors (Lipinski definition) is 5. The highest BCUT2D eigenvalue weighted by atomic mass is 32.2. The maximum atomic E-state index is 11.7. The topological polar surface area (TPSA) is 108 Å². The molecule has 0 aliphatic carbocycles. The van der Waals surface area contributed by atoms with Crippen LogP contribution in [0.2, 0.25) is 0 Å². The maximum Gasteiger partial charge on any atom is 0.269 e. The lowest BCUT2D eigenvalue weighted by Crippen LogP contribution is -2.34. The minimum atomic E-state index is -3.25. The normalized spacial score (nSPS) is 10.5. The zero-order chi connectivity index (χ0) is 15.0. The highest BCUT2D eigenvalue weighted by Gasteiger charge is 2.06. The van der Waals surface area contributed by atoms with Gasteiger partial charge in [0.1, 0.15) is 12.3 Å². The number of nitrogens with one attached hydrogen (secondary N) is 2. The molecule has 1 heterocycles. The fourth-order valence-corrected chi connectivity index (χ4v) is 1.72. The molecule has 0 aliphatic rings. The van der Waals surface area contributed by atoms with Crippen LogP contribution < -0.4 is 10.0 Å². The zero-order valence-corrected chi connectivity index (χ0v) is 11.7. The zero-order valence-electron chi connectivity index (χ0n) is 10.9. The molecule has 1 rings (SSSR count). The molecule has 1 aromatic heterocycles. The first kappa shape index (κ1) is 16.1. The van der Waals surface area contributed by atoms with Crippen LogP contribution in [0.15, 0.2) is 18.3 Å². The number of amides is 1. The van der Waals surface area contributed by atoms with Crippen molar-refractivity contribution in [3.8, 4) is 11.8 Å². The SMILES string of the molecule is CS(=O)(=O)NCCNC(=O)c1ccc(C#CCO)cn1. The van der Waals surface area contributed by atoms with E-state index in [1.807, 2.05) is 0 Å². The van der Waals surface area contributed by atoms with Crippen LogP contribution in [-0.4, -0.2) is 50.4 Å². The first-order valence-corrected chi connectivity index (χ1v) is 7.60. The van der Waals surface area contributed by atoms with E-state index in [-0.39, 0.29) is 25.4 Å². The Kier molecular flexibility index (Phi) is 6.11. The van der Waals surface area contributed by atoms with Crippen molar-refractivity contribution in [2.24, 2.45) is 0 Å². The number of sulfonamides is 1. The summed E-state index contributed by atoms with van der Waals surface area (Å²) in [5.74, 6) is 4.73. The molecule has 0 unspecified atom stereocenters. The van der Waals surface area contributed by atoms with Crippen LogP contribution in [0, 0.1) is 11.8 Å². The predicted octanol–water partition coefficient (Wildman–Crippen LogP) is -1.30. The Labute approximate surface area is 117 Å². The number of nitrogens with zero attached hydrogens (tertiary/aromatic N) is 1. The molecule has 1 aromatic rings. The van der Waals surface area contributed by atoms with E-state index in [4.69, 9.17) is 5.11 Å². The number of carbonyl (C=O) groups is 1. The third-order valence-corrected chi connectivity index (χ3v) is 2.81. The summed E-state index contributed by atoms with van der Waals surface area (Å²) in [6, 6.07) is 3.11. The Balaban J connectivity index is 2.48. The fraction of sp³-hybridized carbons (Fsp3) is 0.333. The van der Waals surface area contributed by atoms with E-state index in [0.29, 0.717) is 5.56 Å². The molecule has 7 nitrogen and oxygen atoms in total. The number of pyridine rings is 1. The molecule has 8 heteroatoms. The van der Waals surface area contributed by atoms with E-state index in [1.54, 1.807) is 6.07 Å². The molecule has 0 bridgehead atoms. The van der Waals surface area contributed by atoms with Crippen molar-refractivity contribution in [3.63, 3.8) is 0 Å². The summed E-state index contributed by atoms with van der Waals surface area (Å²) in [7, 11) is -3.25. The Morgan fingerprint density at radius 1 is 1.40 bits per heavy atom. The van der Waals surface area contributed by atoms with Crippen LogP contribution in [0.25, 0.3) is 0 Å². The lowest BCUT2D eigenvalue weighted by Gasteiger charge is -2.05. The van der Waals surface area contributed by atoms with Crippen LogP contribution in [0.4, 0.5) is 0 Å². The molecule has 108 valence electrons. The molecule has 0 aromatic carbocycles. The standard InChI is InChI=1S/C12H15N3O4S/c1-20(18,19)15-7-6-13-12(17)11-5-4-10(9-14-11)3-2-8-16/h4-5,9,15-16H,6-8H2,1H3,(H,13,17). The predicted molar refractivity (Wildman–Crippen MR) is 73.4 cm³/mol. The number of aromatic nitrogens is 1. The number of hydrogen-bond donors (Lipinski definition) is 3. The van der Waals surface area contributed by atoms with Crippen LogP contribution in [0.3, 0.4) is 0 Å².